The number of carbonyl (C=O) groups is 2. The molecule has 1 unspecified atom stereocenters. The summed E-state index contributed by atoms with van der Waals surface area (Å²) in [5, 5.41) is 3.08. The van der Waals surface area contributed by atoms with Gasteiger partial charge in [-0.1, -0.05) is 78.3 Å². The van der Waals surface area contributed by atoms with Crippen LogP contribution in [0.1, 0.15) is 50.8 Å². The van der Waals surface area contributed by atoms with E-state index in [0.717, 1.165) is 21.2 Å². The third-order valence-electron chi connectivity index (χ3n) is 6.43. The summed E-state index contributed by atoms with van der Waals surface area (Å²) < 4.78 is 12.4. The lowest BCUT2D eigenvalue weighted by atomic mass is 10.0. The van der Waals surface area contributed by atoms with Gasteiger partial charge in [0.2, 0.25) is 11.8 Å². The van der Waals surface area contributed by atoms with Gasteiger partial charge in [0.05, 0.1) is 13.2 Å². The van der Waals surface area contributed by atoms with Crippen LogP contribution in [-0.4, -0.2) is 42.5 Å². The average molecular weight is 610 g/mol. The summed E-state index contributed by atoms with van der Waals surface area (Å²) >= 11 is 3.54. The Morgan fingerprint density at radius 2 is 1.55 bits per heavy atom. The summed E-state index contributed by atoms with van der Waals surface area (Å²) in [6.07, 6.45) is 1.21. The van der Waals surface area contributed by atoms with Crippen molar-refractivity contribution < 1.29 is 19.1 Å². The smallest absolute Gasteiger partial charge is 0.243 e. The molecule has 0 saturated carbocycles. The molecule has 3 aromatic carbocycles. The molecule has 1 N–H and O–H groups in total. The standard InChI is InChI=1S/C33H41BrN2O4/c1-5-39-30-17-15-26(21-31(30)40-6-2)16-18-32(37)36(23-27-13-10-14-28(34)19-27)29(33(38)35-22-24(3)4)20-25-11-8-7-9-12-25/h7-15,17,19,21,24,29H,5-6,16,18,20,22-23H2,1-4H3,(H,35,38). The number of hydrogen-bond acceptors (Lipinski definition) is 4. The lowest BCUT2D eigenvalue weighted by molar-refractivity contribution is -0.141. The molecule has 0 bridgehead atoms. The molecule has 1 atom stereocenters. The lowest BCUT2D eigenvalue weighted by Gasteiger charge is -2.32. The van der Waals surface area contributed by atoms with Crippen LogP contribution < -0.4 is 14.8 Å². The maximum absolute atomic E-state index is 13.9. The quantitative estimate of drug-likeness (QED) is 0.211. The number of amides is 2. The third-order valence-corrected chi connectivity index (χ3v) is 6.93. The van der Waals surface area contributed by atoms with Crippen molar-refractivity contribution in [1.29, 1.82) is 0 Å². The fourth-order valence-electron chi connectivity index (χ4n) is 4.45. The minimum absolute atomic E-state index is 0.0764. The molecule has 0 aromatic heterocycles. The Balaban J connectivity index is 1.89. The number of ether oxygens (including phenoxy) is 2. The zero-order valence-corrected chi connectivity index (χ0v) is 25.6. The molecular formula is C33H41BrN2O4. The maximum Gasteiger partial charge on any atom is 0.243 e. The first-order valence-corrected chi connectivity index (χ1v) is 14.8. The van der Waals surface area contributed by atoms with E-state index < -0.39 is 6.04 Å². The minimum atomic E-state index is -0.646. The van der Waals surface area contributed by atoms with Crippen LogP contribution in [0.3, 0.4) is 0 Å². The first kappa shape index (κ1) is 31.2. The highest BCUT2D eigenvalue weighted by molar-refractivity contribution is 9.10. The molecule has 0 fully saturated rings. The molecular weight excluding hydrogens is 568 g/mol. The van der Waals surface area contributed by atoms with Crippen LogP contribution in [0.5, 0.6) is 11.5 Å². The molecule has 0 radical (unpaired) electrons. The van der Waals surface area contributed by atoms with Gasteiger partial charge in [0.25, 0.3) is 0 Å². The van der Waals surface area contributed by atoms with Gasteiger partial charge < -0.3 is 19.7 Å². The van der Waals surface area contributed by atoms with Crippen molar-refractivity contribution in [3.05, 3.63) is 94.0 Å². The van der Waals surface area contributed by atoms with Crippen LogP contribution in [0.15, 0.2) is 77.3 Å². The van der Waals surface area contributed by atoms with Crippen molar-refractivity contribution >= 4 is 27.7 Å². The van der Waals surface area contributed by atoms with Gasteiger partial charge in [0, 0.05) is 30.4 Å². The number of halogens is 1. The van der Waals surface area contributed by atoms with Crippen molar-refractivity contribution in [1.82, 2.24) is 10.2 Å². The Kier molecular flexibility index (Phi) is 12.5. The predicted molar refractivity (Wildman–Crippen MR) is 164 cm³/mol. The molecule has 3 rings (SSSR count). The van der Waals surface area contributed by atoms with E-state index in [0.29, 0.717) is 56.6 Å². The Morgan fingerprint density at radius 1 is 0.850 bits per heavy atom. The second kappa shape index (κ2) is 16.1. The van der Waals surface area contributed by atoms with Crippen molar-refractivity contribution in [2.45, 2.75) is 59.5 Å². The van der Waals surface area contributed by atoms with E-state index in [4.69, 9.17) is 9.47 Å². The molecule has 0 aliphatic carbocycles. The minimum Gasteiger partial charge on any atom is -0.490 e. The fraction of sp³-hybridized carbons (Fsp3) is 0.394. The Hall–Kier alpha value is -3.32. The van der Waals surface area contributed by atoms with E-state index in [1.165, 1.54) is 0 Å². The second-order valence-electron chi connectivity index (χ2n) is 10.1. The van der Waals surface area contributed by atoms with Crippen molar-refractivity contribution in [3.8, 4) is 11.5 Å². The van der Waals surface area contributed by atoms with Crippen LogP contribution in [0.2, 0.25) is 0 Å². The molecule has 0 aliphatic heterocycles. The second-order valence-corrected chi connectivity index (χ2v) is 11.1. The van der Waals surface area contributed by atoms with Crippen LogP contribution in [-0.2, 0) is 29.0 Å². The summed E-state index contributed by atoms with van der Waals surface area (Å²) in [5.74, 6) is 1.46. The van der Waals surface area contributed by atoms with Gasteiger partial charge >= 0.3 is 0 Å². The molecule has 40 heavy (non-hydrogen) atoms. The van der Waals surface area contributed by atoms with Gasteiger partial charge in [-0.2, -0.15) is 0 Å². The number of nitrogens with one attached hydrogen (secondary N) is 1. The van der Waals surface area contributed by atoms with E-state index in [9.17, 15) is 9.59 Å². The predicted octanol–water partition coefficient (Wildman–Crippen LogP) is 6.59. The van der Waals surface area contributed by atoms with Gasteiger partial charge in [-0.15, -0.1) is 0 Å². The van der Waals surface area contributed by atoms with E-state index in [1.807, 2.05) is 86.6 Å². The number of nitrogens with zero attached hydrogens (tertiary/aromatic N) is 1. The number of hydrogen-bond donors (Lipinski definition) is 1. The largest absolute Gasteiger partial charge is 0.490 e. The van der Waals surface area contributed by atoms with Crippen LogP contribution >= 0.6 is 15.9 Å². The number of carbonyl (C=O) groups excluding carboxylic acids is 2. The number of rotatable bonds is 15. The van der Waals surface area contributed by atoms with Gasteiger partial charge in [-0.05, 0) is 67.1 Å². The molecule has 0 spiro atoms. The summed E-state index contributed by atoms with van der Waals surface area (Å²) in [6.45, 7) is 9.94. The van der Waals surface area contributed by atoms with E-state index >= 15 is 0 Å². The first-order chi connectivity index (χ1) is 19.3. The number of benzene rings is 3. The van der Waals surface area contributed by atoms with Gasteiger partial charge in [0.1, 0.15) is 6.04 Å². The molecule has 214 valence electrons. The Labute approximate surface area is 247 Å². The van der Waals surface area contributed by atoms with E-state index in [-0.39, 0.29) is 18.2 Å². The highest BCUT2D eigenvalue weighted by atomic mass is 79.9. The molecule has 0 heterocycles. The Morgan fingerprint density at radius 3 is 2.23 bits per heavy atom. The van der Waals surface area contributed by atoms with Crippen molar-refractivity contribution in [3.63, 3.8) is 0 Å². The third kappa shape index (κ3) is 9.70. The molecule has 0 aliphatic rings. The molecule has 7 heteroatoms. The van der Waals surface area contributed by atoms with Gasteiger partial charge in [-0.25, -0.2) is 0 Å². The zero-order valence-electron chi connectivity index (χ0n) is 24.0. The highest BCUT2D eigenvalue weighted by Crippen LogP contribution is 2.29. The molecule has 2 amide bonds. The van der Waals surface area contributed by atoms with E-state index in [1.54, 1.807) is 4.90 Å². The molecule has 6 nitrogen and oxygen atoms in total. The van der Waals surface area contributed by atoms with E-state index in [2.05, 4.69) is 35.1 Å². The fourth-order valence-corrected chi connectivity index (χ4v) is 4.90. The maximum atomic E-state index is 13.9. The van der Waals surface area contributed by atoms with Crippen molar-refractivity contribution in [2.24, 2.45) is 5.92 Å². The SMILES string of the molecule is CCOc1ccc(CCC(=O)N(Cc2cccc(Br)c2)C(Cc2ccccc2)C(=O)NCC(C)C)cc1OCC. The molecule has 3 aromatic rings. The summed E-state index contributed by atoms with van der Waals surface area (Å²) in [5.41, 5.74) is 2.94. The summed E-state index contributed by atoms with van der Waals surface area (Å²) in [7, 11) is 0. The lowest BCUT2D eigenvalue weighted by Crippen LogP contribution is -2.51. The van der Waals surface area contributed by atoms with Crippen molar-refractivity contribution in [2.75, 3.05) is 19.8 Å². The van der Waals surface area contributed by atoms with Crippen LogP contribution in [0.4, 0.5) is 0 Å². The zero-order chi connectivity index (χ0) is 28.9. The van der Waals surface area contributed by atoms with Crippen LogP contribution in [0.25, 0.3) is 0 Å². The van der Waals surface area contributed by atoms with Gasteiger partial charge in [0.15, 0.2) is 11.5 Å². The summed E-state index contributed by atoms with van der Waals surface area (Å²) in [4.78, 5) is 29.3. The van der Waals surface area contributed by atoms with Gasteiger partial charge in [-0.3, -0.25) is 9.59 Å². The monoisotopic (exact) mass is 608 g/mol. The normalized spacial score (nSPS) is 11.7. The summed E-state index contributed by atoms with van der Waals surface area (Å²) in [6, 6.07) is 22.9. The Bertz CT molecular complexity index is 1230. The average Bonchev–Trinajstić information content (AvgIpc) is 2.94. The topological polar surface area (TPSA) is 67.9 Å². The van der Waals surface area contributed by atoms with Crippen LogP contribution in [0, 0.1) is 5.92 Å². The first-order valence-electron chi connectivity index (χ1n) is 14.0. The highest BCUT2D eigenvalue weighted by Gasteiger charge is 2.30. The number of aryl methyl sites for hydroxylation is 1. The molecule has 0 saturated heterocycles.